The molecule has 12 nitrogen and oxygen atoms in total. The molecule has 6 atom stereocenters. The second-order valence-electron chi connectivity index (χ2n) is 17.6. The number of rotatable bonds is 8. The molecule has 0 radical (unpaired) electrons. The third-order valence-corrected chi connectivity index (χ3v) is 13.8. The van der Waals surface area contributed by atoms with Gasteiger partial charge in [0, 0.05) is 67.9 Å². The van der Waals surface area contributed by atoms with Crippen LogP contribution in [-0.4, -0.2) is 129 Å². The van der Waals surface area contributed by atoms with Crippen LogP contribution in [0.3, 0.4) is 0 Å². The molecule has 4 aliphatic heterocycles. The summed E-state index contributed by atoms with van der Waals surface area (Å²) in [5, 5.41) is 21.6. The van der Waals surface area contributed by atoms with Gasteiger partial charge in [0.25, 0.3) is 0 Å². The van der Waals surface area contributed by atoms with Crippen molar-refractivity contribution in [3.63, 3.8) is 0 Å². The number of carbonyl (C=O) groups is 1. The molecule has 2 aromatic heterocycles. The number of aromatic hydroxyl groups is 1. The number of fused-ring (bicyclic) bond motifs is 4. The van der Waals surface area contributed by atoms with E-state index in [1.165, 1.54) is 36.5 Å². The van der Waals surface area contributed by atoms with Crippen LogP contribution in [0.15, 0.2) is 43.1 Å². The summed E-state index contributed by atoms with van der Waals surface area (Å²) >= 11 is 0. The first-order valence-electron chi connectivity index (χ1n) is 21.2. The molecule has 6 heterocycles. The number of benzene rings is 2. The lowest BCUT2D eigenvalue weighted by molar-refractivity contribution is -0.129. The first kappa shape index (κ1) is 40.9. The summed E-state index contributed by atoms with van der Waals surface area (Å²) in [6.45, 7) is 11.1. The minimum atomic E-state index is -1.06. The lowest BCUT2D eigenvalue weighted by Gasteiger charge is -2.46. The number of halogens is 3. The Kier molecular flexibility index (Phi) is 10.8. The summed E-state index contributed by atoms with van der Waals surface area (Å²) in [6, 6.07) is 7.71. The minimum Gasteiger partial charge on any atom is -0.508 e. The summed E-state index contributed by atoms with van der Waals surface area (Å²) < 4.78 is 60.0. The molecule has 2 bridgehead atoms. The number of alkyl halides is 1. The highest BCUT2D eigenvalue weighted by Gasteiger charge is 2.50. The zero-order valence-electron chi connectivity index (χ0n) is 34.4. The molecular formula is C46H49F3N8O4. The highest BCUT2D eigenvalue weighted by atomic mass is 19.1. The van der Waals surface area contributed by atoms with Gasteiger partial charge in [-0.1, -0.05) is 18.6 Å². The maximum Gasteiger partial charge on any atom is 0.319 e. The number of aromatic nitrogens is 3. The van der Waals surface area contributed by atoms with E-state index in [2.05, 4.69) is 45.3 Å². The lowest BCUT2D eigenvalue weighted by Crippen LogP contribution is -2.56. The Morgan fingerprint density at radius 2 is 1.93 bits per heavy atom. The third kappa shape index (κ3) is 7.20. The topological polar surface area (TPSA) is 131 Å². The monoisotopic (exact) mass is 834 g/mol. The molecule has 1 amide bonds. The van der Waals surface area contributed by atoms with Gasteiger partial charge in [-0.2, -0.15) is 15.2 Å². The molecule has 1 N–H and O–H groups in total. The van der Waals surface area contributed by atoms with E-state index in [9.17, 15) is 15.2 Å². The average Bonchev–Trinajstić information content (AvgIpc) is 3.69. The van der Waals surface area contributed by atoms with Crippen molar-refractivity contribution >= 4 is 33.4 Å². The Labute approximate surface area is 352 Å². The number of carbonyl (C=O) groups excluding carboxylic acids is 1. The number of terminal acetylenes is 1. The number of likely N-dealkylation sites (tertiary alicyclic amines) is 1. The van der Waals surface area contributed by atoms with Gasteiger partial charge in [-0.25, -0.2) is 13.2 Å². The SMILES string of the molecule is C#Cc1c(F)ccc2cc(O)cc(-c3ncc4c(N5CC6CC(C#N)C(C5)N6C(=O)C=C)nc(OCC5(C)CC(F)CN5C5CCC(N6CCOC[C@@H]6C)CC5)nc4c3F)c12. The first-order valence-corrected chi connectivity index (χ1v) is 21.2. The van der Waals surface area contributed by atoms with Gasteiger partial charge in [-0.3, -0.25) is 19.6 Å². The number of piperazine rings is 1. The fourth-order valence-corrected chi connectivity index (χ4v) is 11.0. The molecule has 1 aliphatic carbocycles. The van der Waals surface area contributed by atoms with Crippen LogP contribution in [0.5, 0.6) is 11.8 Å². The van der Waals surface area contributed by atoms with Crippen LogP contribution in [0.4, 0.5) is 19.0 Å². The second kappa shape index (κ2) is 16.1. The fraction of sp³-hybridized carbons (Fsp3) is 0.500. The minimum absolute atomic E-state index is 0.0315. The van der Waals surface area contributed by atoms with Gasteiger partial charge in [-0.05, 0) is 75.6 Å². The van der Waals surface area contributed by atoms with Crippen molar-refractivity contribution in [2.45, 2.75) is 94.3 Å². The number of nitrogens with zero attached hydrogens (tertiary/aromatic N) is 8. The Morgan fingerprint density at radius 3 is 2.67 bits per heavy atom. The number of nitriles is 1. The van der Waals surface area contributed by atoms with Crippen molar-refractivity contribution in [1.82, 2.24) is 29.7 Å². The number of amides is 1. The third-order valence-electron chi connectivity index (χ3n) is 13.8. The quantitative estimate of drug-likeness (QED) is 0.162. The van der Waals surface area contributed by atoms with Gasteiger partial charge in [0.15, 0.2) is 5.82 Å². The molecule has 5 unspecified atom stereocenters. The molecule has 0 spiro atoms. The Balaban J connectivity index is 1.08. The van der Waals surface area contributed by atoms with Crippen molar-refractivity contribution in [3.05, 3.63) is 60.3 Å². The summed E-state index contributed by atoms with van der Waals surface area (Å²) in [4.78, 5) is 35.4. The van der Waals surface area contributed by atoms with E-state index >= 15 is 13.2 Å². The maximum atomic E-state index is 17.3. The molecule has 318 valence electrons. The number of morpholine rings is 1. The normalized spacial score (nSPS) is 29.5. The number of anilines is 1. The molecule has 9 rings (SSSR count). The van der Waals surface area contributed by atoms with Gasteiger partial charge in [-0.15, -0.1) is 6.42 Å². The van der Waals surface area contributed by atoms with Crippen molar-refractivity contribution in [1.29, 1.82) is 5.26 Å². The predicted octanol–water partition coefficient (Wildman–Crippen LogP) is 6.14. The zero-order chi connectivity index (χ0) is 42.7. The molecule has 2 aromatic carbocycles. The van der Waals surface area contributed by atoms with Crippen molar-refractivity contribution in [3.8, 4) is 41.4 Å². The van der Waals surface area contributed by atoms with Crippen LogP contribution < -0.4 is 9.64 Å². The molecule has 61 heavy (non-hydrogen) atoms. The number of hydrogen-bond acceptors (Lipinski definition) is 11. The molecule has 1 saturated carbocycles. The number of phenols is 1. The number of hydrogen-bond donors (Lipinski definition) is 1. The predicted molar refractivity (Wildman–Crippen MR) is 223 cm³/mol. The number of phenolic OH excluding ortho intramolecular Hbond substituents is 1. The van der Waals surface area contributed by atoms with Crippen molar-refractivity contribution < 1.29 is 32.5 Å². The molecular weight excluding hydrogens is 786 g/mol. The largest absolute Gasteiger partial charge is 0.508 e. The summed E-state index contributed by atoms with van der Waals surface area (Å²) in [7, 11) is 0. The summed E-state index contributed by atoms with van der Waals surface area (Å²) in [5.41, 5.74) is -1.14. The Hall–Kier alpha value is -5.48. The van der Waals surface area contributed by atoms with Crippen LogP contribution in [0.2, 0.25) is 0 Å². The maximum absolute atomic E-state index is 17.3. The Morgan fingerprint density at radius 1 is 1.15 bits per heavy atom. The molecule has 5 aliphatic rings. The van der Waals surface area contributed by atoms with Crippen molar-refractivity contribution in [2.24, 2.45) is 5.92 Å². The second-order valence-corrected chi connectivity index (χ2v) is 17.6. The van der Waals surface area contributed by atoms with Gasteiger partial charge in [0.2, 0.25) is 5.91 Å². The van der Waals surface area contributed by atoms with E-state index in [4.69, 9.17) is 20.9 Å². The smallest absolute Gasteiger partial charge is 0.319 e. The number of pyridine rings is 1. The van der Waals surface area contributed by atoms with Crippen LogP contribution in [0.1, 0.15) is 57.9 Å². The van der Waals surface area contributed by atoms with Gasteiger partial charge >= 0.3 is 6.01 Å². The van der Waals surface area contributed by atoms with E-state index < -0.39 is 35.3 Å². The van der Waals surface area contributed by atoms with Crippen LogP contribution in [0, 0.1) is 41.2 Å². The van der Waals surface area contributed by atoms with Gasteiger partial charge < -0.3 is 24.4 Å². The Bertz CT molecular complexity index is 2490. The first-order chi connectivity index (χ1) is 29.4. The van der Waals surface area contributed by atoms with Crippen molar-refractivity contribution in [2.75, 3.05) is 50.9 Å². The van der Waals surface area contributed by atoms with Gasteiger partial charge in [0.05, 0.1) is 53.8 Å². The number of ether oxygens (including phenoxy) is 2. The van der Waals surface area contributed by atoms with Crippen LogP contribution >= 0.6 is 0 Å². The molecule has 4 aromatic rings. The highest BCUT2D eigenvalue weighted by molar-refractivity contribution is 6.03. The van der Waals surface area contributed by atoms with E-state index in [1.807, 2.05) is 11.8 Å². The zero-order valence-corrected chi connectivity index (χ0v) is 34.4. The lowest BCUT2D eigenvalue weighted by atomic mass is 9.86. The average molecular weight is 835 g/mol. The van der Waals surface area contributed by atoms with Gasteiger partial charge in [0.1, 0.15) is 41.4 Å². The van der Waals surface area contributed by atoms with Crippen LogP contribution in [-0.2, 0) is 9.53 Å². The van der Waals surface area contributed by atoms with E-state index in [-0.39, 0.29) is 95.5 Å². The van der Waals surface area contributed by atoms with E-state index in [1.54, 1.807) is 4.90 Å². The molecule has 5 fully saturated rings. The fourth-order valence-electron chi connectivity index (χ4n) is 11.0. The molecule has 15 heteroatoms. The summed E-state index contributed by atoms with van der Waals surface area (Å²) in [5.74, 6) is 0.173. The standard InChI is InChI=1S/C46H49F3N8O4/c1-5-34-37(48)12-7-27-16-33(58)17-35(40(27)34)42-41(49)43-36(20-51-42)44(54-22-32-15-28(19-50)38(23-54)57(32)39(59)6-2)53-45(52-43)61-25-46(4)18-29(47)21-56(46)31-10-8-30(9-11-31)55-13-14-60-24-26(55)3/h1,6-7,12,16-17,20,26,28-32,38,58H,2,8-11,13-15,18,21-25H2,3-4H3/t26-,28?,29?,30?,31?,32?,38?,46?/m0/s1. The highest BCUT2D eigenvalue weighted by Crippen LogP contribution is 2.43. The summed E-state index contributed by atoms with van der Waals surface area (Å²) in [6.07, 6.45) is 11.9. The van der Waals surface area contributed by atoms with E-state index in [0.717, 1.165) is 45.4 Å². The van der Waals surface area contributed by atoms with E-state index in [0.29, 0.717) is 29.7 Å². The molecule has 4 saturated heterocycles. The van der Waals surface area contributed by atoms with Crippen LogP contribution in [0.25, 0.3) is 32.9 Å².